The molecule has 5 aliphatic rings. The monoisotopic (exact) mass is 321 g/mol. The Labute approximate surface area is 140 Å². The van der Waals surface area contributed by atoms with Crippen LogP contribution in [0.5, 0.6) is 11.5 Å². The van der Waals surface area contributed by atoms with Crippen LogP contribution in [0.15, 0.2) is 35.9 Å². The van der Waals surface area contributed by atoms with Crippen LogP contribution in [0, 0.1) is 5.92 Å². The van der Waals surface area contributed by atoms with Gasteiger partial charge >= 0.3 is 0 Å². The number of carbonyl (C=O) groups is 1. The molecule has 24 heavy (non-hydrogen) atoms. The van der Waals surface area contributed by atoms with Crippen LogP contribution in [0.4, 0.5) is 0 Å². The van der Waals surface area contributed by atoms with Gasteiger partial charge < -0.3 is 9.84 Å². The highest BCUT2D eigenvalue weighted by Crippen LogP contribution is 2.62. The van der Waals surface area contributed by atoms with Crippen LogP contribution in [0.1, 0.15) is 24.0 Å². The topological polar surface area (TPSA) is 49.8 Å². The van der Waals surface area contributed by atoms with E-state index in [4.69, 9.17) is 4.74 Å². The van der Waals surface area contributed by atoms with Gasteiger partial charge in [0.25, 0.3) is 0 Å². The number of likely N-dealkylation sites (tertiary alicyclic amines) is 1. The van der Waals surface area contributed by atoms with Gasteiger partial charge in [-0.3, -0.25) is 9.69 Å². The van der Waals surface area contributed by atoms with Gasteiger partial charge in [0, 0.05) is 24.1 Å². The van der Waals surface area contributed by atoms with Gasteiger partial charge in [0.2, 0.25) is 0 Å². The van der Waals surface area contributed by atoms with E-state index in [1.807, 2.05) is 6.07 Å². The predicted octanol–water partition coefficient (Wildman–Crippen LogP) is 2.11. The van der Waals surface area contributed by atoms with Crippen molar-refractivity contribution in [1.29, 1.82) is 0 Å². The second-order valence-electron chi connectivity index (χ2n) is 7.83. The minimum Gasteiger partial charge on any atom is -0.504 e. The van der Waals surface area contributed by atoms with Crippen LogP contribution >= 0.6 is 0 Å². The number of piperidine rings is 1. The number of ketones is 1. The van der Waals surface area contributed by atoms with Crippen LogP contribution in [0.25, 0.3) is 0 Å². The molecule has 122 valence electrons. The molecule has 4 atom stereocenters. The molecule has 6 rings (SSSR count). The van der Waals surface area contributed by atoms with Gasteiger partial charge in [-0.15, -0.1) is 0 Å². The fourth-order valence-corrected chi connectivity index (χ4v) is 5.63. The highest BCUT2D eigenvalue weighted by Gasteiger charge is 2.64. The third kappa shape index (κ3) is 1.42. The first-order valence-electron chi connectivity index (χ1n) is 8.84. The number of phenols is 1. The lowest BCUT2D eigenvalue weighted by Gasteiger charge is -2.56. The first-order valence-corrected chi connectivity index (χ1v) is 8.84. The molecule has 4 heteroatoms. The van der Waals surface area contributed by atoms with E-state index < -0.39 is 6.10 Å². The van der Waals surface area contributed by atoms with Crippen LogP contribution in [-0.4, -0.2) is 41.0 Å². The summed E-state index contributed by atoms with van der Waals surface area (Å²) in [5.74, 6) is 1.08. The number of hydrogen-bond acceptors (Lipinski definition) is 4. The van der Waals surface area contributed by atoms with Crippen molar-refractivity contribution < 1.29 is 14.6 Å². The van der Waals surface area contributed by atoms with E-state index in [9.17, 15) is 9.90 Å². The largest absolute Gasteiger partial charge is 0.504 e. The lowest BCUT2D eigenvalue weighted by atomic mass is 9.53. The fraction of sp³-hybridized carbons (Fsp3) is 0.450. The number of phenolic OH excluding ortho intramolecular Hbond substituents is 1. The third-order valence-corrected chi connectivity index (χ3v) is 6.74. The number of rotatable bonds is 2. The molecule has 3 aliphatic carbocycles. The first-order chi connectivity index (χ1) is 11.7. The van der Waals surface area contributed by atoms with Gasteiger partial charge in [0.1, 0.15) is 0 Å². The summed E-state index contributed by atoms with van der Waals surface area (Å²) in [7, 11) is 0. The highest BCUT2D eigenvalue weighted by molar-refractivity contribution is 5.98. The van der Waals surface area contributed by atoms with Crippen LogP contribution in [0.3, 0.4) is 0 Å². The summed E-state index contributed by atoms with van der Waals surface area (Å²) in [6, 6.07) is 4.18. The number of nitrogens with zero attached hydrogens (tertiary/aromatic N) is 1. The maximum atomic E-state index is 12.6. The van der Waals surface area contributed by atoms with Crippen molar-refractivity contribution in [2.45, 2.75) is 36.8 Å². The van der Waals surface area contributed by atoms with Crippen LogP contribution in [0.2, 0.25) is 0 Å². The van der Waals surface area contributed by atoms with Crippen molar-refractivity contribution in [2.75, 3.05) is 13.1 Å². The van der Waals surface area contributed by atoms with E-state index in [0.717, 1.165) is 37.9 Å². The molecule has 1 aromatic rings. The molecule has 1 spiro atoms. The summed E-state index contributed by atoms with van der Waals surface area (Å²) in [6.07, 6.45) is 8.74. The van der Waals surface area contributed by atoms with Crippen molar-refractivity contribution in [3.63, 3.8) is 0 Å². The van der Waals surface area contributed by atoms with Gasteiger partial charge in [-0.25, -0.2) is 0 Å². The number of ether oxygens (including phenoxy) is 1. The van der Waals surface area contributed by atoms with Crippen molar-refractivity contribution in [1.82, 2.24) is 4.90 Å². The van der Waals surface area contributed by atoms with E-state index in [0.29, 0.717) is 17.7 Å². The molecule has 1 N–H and O–H groups in total. The second kappa shape index (κ2) is 4.12. The number of hydrogen-bond donors (Lipinski definition) is 1. The normalized spacial score (nSPS) is 37.8. The Bertz CT molecular complexity index is 855. The summed E-state index contributed by atoms with van der Waals surface area (Å²) in [4.78, 5) is 15.2. The van der Waals surface area contributed by atoms with Gasteiger partial charge in [-0.2, -0.15) is 0 Å². The van der Waals surface area contributed by atoms with E-state index in [-0.39, 0.29) is 16.9 Å². The zero-order valence-electron chi connectivity index (χ0n) is 13.4. The average molecular weight is 321 g/mol. The van der Waals surface area contributed by atoms with Gasteiger partial charge in [0.15, 0.2) is 23.4 Å². The standard InChI is InChI=1S/C20H19NO3/c22-15-5-3-12-9-14-13-4-6-16(23)19-20(13,17(12)18(15)24-19)7-8-21(14)10-11-1-2-11/h1,3-6,13-14,19,22H,2,7-10H2/t13?,14-,19+,20+/m1/s1. The van der Waals surface area contributed by atoms with Crippen molar-refractivity contribution >= 4 is 5.78 Å². The molecular weight excluding hydrogens is 302 g/mol. The molecular formula is C20H19NO3. The zero-order chi connectivity index (χ0) is 16.1. The number of benzene rings is 1. The Morgan fingerprint density at radius 3 is 3.08 bits per heavy atom. The van der Waals surface area contributed by atoms with Crippen molar-refractivity contribution in [2.24, 2.45) is 5.92 Å². The van der Waals surface area contributed by atoms with E-state index in [2.05, 4.69) is 17.1 Å². The minimum atomic E-state index is -0.459. The second-order valence-corrected chi connectivity index (χ2v) is 7.83. The quantitative estimate of drug-likeness (QED) is 0.848. The Balaban J connectivity index is 1.57. The van der Waals surface area contributed by atoms with Crippen LogP contribution in [-0.2, 0) is 16.6 Å². The summed E-state index contributed by atoms with van der Waals surface area (Å²) < 4.78 is 6.07. The molecule has 1 aromatic carbocycles. The number of allylic oxidation sites excluding steroid dienone is 1. The van der Waals surface area contributed by atoms with E-state index in [1.165, 1.54) is 5.56 Å². The summed E-state index contributed by atoms with van der Waals surface area (Å²) in [5, 5.41) is 10.3. The maximum Gasteiger partial charge on any atom is 0.196 e. The van der Waals surface area contributed by atoms with Gasteiger partial charge in [-0.05, 0) is 43.5 Å². The molecule has 0 aromatic heterocycles. The predicted molar refractivity (Wildman–Crippen MR) is 88.2 cm³/mol. The molecule has 4 nitrogen and oxygen atoms in total. The molecule has 1 unspecified atom stereocenters. The van der Waals surface area contributed by atoms with E-state index >= 15 is 0 Å². The summed E-state index contributed by atoms with van der Waals surface area (Å²) >= 11 is 0. The Morgan fingerprint density at radius 2 is 2.25 bits per heavy atom. The van der Waals surface area contributed by atoms with E-state index in [1.54, 1.807) is 17.7 Å². The lowest BCUT2D eigenvalue weighted by molar-refractivity contribution is -0.127. The Hall–Kier alpha value is -2.07. The smallest absolute Gasteiger partial charge is 0.196 e. The van der Waals surface area contributed by atoms with Crippen molar-refractivity contribution in [3.05, 3.63) is 47.1 Å². The summed E-state index contributed by atoms with van der Waals surface area (Å²) in [6.45, 7) is 2.05. The first kappa shape index (κ1) is 13.2. The SMILES string of the molecule is O=C1C=CC2[C@H]3Cc4ccc(O)c5c4[C@@]2(CCN3CC2=CC2)[C@H]1O5. The molecule has 2 heterocycles. The highest BCUT2D eigenvalue weighted by atomic mass is 16.5. The Morgan fingerprint density at radius 1 is 1.38 bits per heavy atom. The van der Waals surface area contributed by atoms with Gasteiger partial charge in [0.05, 0.1) is 5.41 Å². The van der Waals surface area contributed by atoms with Crippen LogP contribution < -0.4 is 4.74 Å². The molecule has 2 bridgehead atoms. The van der Waals surface area contributed by atoms with Gasteiger partial charge in [-0.1, -0.05) is 23.8 Å². The molecule has 0 saturated carbocycles. The van der Waals surface area contributed by atoms with Crippen molar-refractivity contribution in [3.8, 4) is 11.5 Å². The molecule has 0 radical (unpaired) electrons. The molecule has 1 fully saturated rings. The Kier molecular flexibility index (Phi) is 2.27. The summed E-state index contributed by atoms with van der Waals surface area (Å²) in [5.41, 5.74) is 3.64. The lowest BCUT2D eigenvalue weighted by Crippen LogP contribution is -2.64. The maximum absolute atomic E-state index is 12.6. The molecule has 1 saturated heterocycles. The zero-order valence-corrected chi connectivity index (χ0v) is 13.4. The minimum absolute atomic E-state index is 0.0480. The fourth-order valence-electron chi connectivity index (χ4n) is 5.63. The number of carbonyl (C=O) groups excluding carboxylic acids is 1. The average Bonchev–Trinajstić information content (AvgIpc) is 3.32. The molecule has 2 aliphatic heterocycles. The third-order valence-electron chi connectivity index (χ3n) is 6.74. The molecule has 0 amide bonds. The number of aromatic hydroxyl groups is 1.